The van der Waals surface area contributed by atoms with Crippen LogP contribution in [-0.2, 0) is 16.6 Å². The van der Waals surface area contributed by atoms with Gasteiger partial charge in [-0.2, -0.15) is 4.31 Å². The van der Waals surface area contributed by atoms with E-state index in [2.05, 4.69) is 6.92 Å². The van der Waals surface area contributed by atoms with Gasteiger partial charge in [-0.1, -0.05) is 19.8 Å². The molecule has 0 unspecified atom stereocenters. The number of nitrogens with zero attached hydrogens (tertiary/aromatic N) is 1. The molecule has 6 heteroatoms. The fourth-order valence-electron chi connectivity index (χ4n) is 2.75. The maximum absolute atomic E-state index is 12.6. The number of sulfonamides is 1. The van der Waals surface area contributed by atoms with Gasteiger partial charge in [0.25, 0.3) is 10.0 Å². The predicted octanol–water partition coefficient (Wildman–Crippen LogP) is 2.75. The zero-order chi connectivity index (χ0) is 14.8. The summed E-state index contributed by atoms with van der Waals surface area (Å²) >= 11 is 1.19. The molecule has 1 aromatic rings. The van der Waals surface area contributed by atoms with Crippen molar-refractivity contribution >= 4 is 21.4 Å². The summed E-state index contributed by atoms with van der Waals surface area (Å²) in [5.41, 5.74) is 0.858. The minimum absolute atomic E-state index is 0.0927. The first kappa shape index (κ1) is 15.9. The molecule has 0 amide bonds. The lowest BCUT2D eigenvalue weighted by molar-refractivity contribution is 0.263. The van der Waals surface area contributed by atoms with Crippen LogP contribution in [0.5, 0.6) is 0 Å². The fraction of sp³-hybridized carbons (Fsp3) is 0.714. The summed E-state index contributed by atoms with van der Waals surface area (Å²) in [6.45, 7) is 5.17. The van der Waals surface area contributed by atoms with Gasteiger partial charge < -0.3 is 5.11 Å². The van der Waals surface area contributed by atoms with Gasteiger partial charge in [0.1, 0.15) is 4.21 Å². The van der Waals surface area contributed by atoms with Gasteiger partial charge in [-0.15, -0.1) is 11.3 Å². The third-order valence-electron chi connectivity index (χ3n) is 4.01. The number of piperidine rings is 1. The maximum atomic E-state index is 12.6. The van der Waals surface area contributed by atoms with E-state index in [4.69, 9.17) is 0 Å². The van der Waals surface area contributed by atoms with Gasteiger partial charge in [0.2, 0.25) is 0 Å². The minimum atomic E-state index is -3.37. The molecular weight excluding hydrogens is 294 g/mol. The molecule has 0 atom stereocenters. The number of aryl methyl sites for hydroxylation is 1. The van der Waals surface area contributed by atoms with Crippen molar-refractivity contribution in [1.82, 2.24) is 4.31 Å². The van der Waals surface area contributed by atoms with Crippen LogP contribution in [-0.4, -0.2) is 30.9 Å². The first-order valence-electron chi connectivity index (χ1n) is 7.19. The van der Waals surface area contributed by atoms with E-state index in [1.807, 2.05) is 6.92 Å². The molecule has 4 nitrogen and oxygen atoms in total. The topological polar surface area (TPSA) is 57.6 Å². The van der Waals surface area contributed by atoms with Crippen molar-refractivity contribution in [3.63, 3.8) is 0 Å². The van der Waals surface area contributed by atoms with E-state index in [9.17, 15) is 13.5 Å². The minimum Gasteiger partial charge on any atom is -0.391 e. The number of thiophene rings is 1. The lowest BCUT2D eigenvalue weighted by Crippen LogP contribution is -2.38. The number of hydrogen-bond acceptors (Lipinski definition) is 4. The van der Waals surface area contributed by atoms with E-state index in [1.54, 1.807) is 10.4 Å². The standard InChI is InChI=1S/C14H23NO3S2/c1-3-4-12-5-7-15(8-6-12)20(17,18)14-9-11(2)13(10-16)19-14/h9,12,16H,3-8,10H2,1-2H3. The molecule has 2 rings (SSSR count). The third kappa shape index (κ3) is 3.24. The van der Waals surface area contributed by atoms with Crippen LogP contribution in [0.15, 0.2) is 10.3 Å². The number of rotatable bonds is 5. The zero-order valence-corrected chi connectivity index (χ0v) is 13.8. The fourth-order valence-corrected chi connectivity index (χ4v) is 5.82. The van der Waals surface area contributed by atoms with Crippen LogP contribution in [0, 0.1) is 12.8 Å². The molecule has 0 saturated carbocycles. The summed E-state index contributed by atoms with van der Waals surface area (Å²) < 4.78 is 27.1. The summed E-state index contributed by atoms with van der Waals surface area (Å²) in [4.78, 5) is 0.740. The molecule has 1 fully saturated rings. The van der Waals surface area contributed by atoms with Gasteiger partial charge in [0.05, 0.1) is 6.61 Å². The average Bonchev–Trinajstić information content (AvgIpc) is 2.82. The summed E-state index contributed by atoms with van der Waals surface area (Å²) in [6, 6.07) is 1.68. The summed E-state index contributed by atoms with van der Waals surface area (Å²) in [7, 11) is -3.37. The van der Waals surface area contributed by atoms with Crippen LogP contribution in [0.4, 0.5) is 0 Å². The lowest BCUT2D eigenvalue weighted by Gasteiger charge is -2.30. The quantitative estimate of drug-likeness (QED) is 0.908. The normalized spacial score (nSPS) is 18.6. The SMILES string of the molecule is CCCC1CCN(S(=O)(=O)c2cc(C)c(CO)s2)CC1. The molecule has 0 spiro atoms. The second-order valence-corrected chi connectivity index (χ2v) is 8.77. The van der Waals surface area contributed by atoms with Crippen molar-refractivity contribution in [2.45, 2.75) is 50.3 Å². The number of hydrogen-bond donors (Lipinski definition) is 1. The molecule has 1 N–H and O–H groups in total. The van der Waals surface area contributed by atoms with E-state index in [0.29, 0.717) is 23.2 Å². The lowest BCUT2D eigenvalue weighted by atomic mass is 9.94. The molecule has 1 aliphatic rings. The highest BCUT2D eigenvalue weighted by molar-refractivity contribution is 7.91. The van der Waals surface area contributed by atoms with Crippen molar-refractivity contribution in [2.75, 3.05) is 13.1 Å². The van der Waals surface area contributed by atoms with Crippen LogP contribution < -0.4 is 0 Å². The highest BCUT2D eigenvalue weighted by atomic mass is 32.2. The van der Waals surface area contributed by atoms with Crippen molar-refractivity contribution in [1.29, 1.82) is 0 Å². The predicted molar refractivity (Wildman–Crippen MR) is 81.4 cm³/mol. The number of aliphatic hydroxyl groups is 1. The van der Waals surface area contributed by atoms with Crippen LogP contribution >= 0.6 is 11.3 Å². The maximum Gasteiger partial charge on any atom is 0.252 e. The highest BCUT2D eigenvalue weighted by Crippen LogP contribution is 2.31. The number of aliphatic hydroxyl groups excluding tert-OH is 1. The van der Waals surface area contributed by atoms with Crippen molar-refractivity contribution in [3.8, 4) is 0 Å². The van der Waals surface area contributed by atoms with Crippen molar-refractivity contribution < 1.29 is 13.5 Å². The Balaban J connectivity index is 2.11. The molecule has 0 radical (unpaired) electrons. The second kappa shape index (κ2) is 6.56. The van der Waals surface area contributed by atoms with E-state index in [0.717, 1.165) is 23.3 Å². The molecule has 0 bridgehead atoms. The Kier molecular flexibility index (Phi) is 5.23. The Hall–Kier alpha value is -0.430. The monoisotopic (exact) mass is 317 g/mol. The van der Waals surface area contributed by atoms with Crippen molar-refractivity contribution in [3.05, 3.63) is 16.5 Å². The Labute approximate surface area is 125 Å². The third-order valence-corrected chi connectivity index (χ3v) is 7.58. The Bertz CT molecular complexity index is 543. The van der Waals surface area contributed by atoms with Gasteiger partial charge in [0, 0.05) is 18.0 Å². The molecule has 0 aromatic carbocycles. The van der Waals surface area contributed by atoms with E-state index in [-0.39, 0.29) is 6.61 Å². The van der Waals surface area contributed by atoms with Gasteiger partial charge in [0.15, 0.2) is 0 Å². The van der Waals surface area contributed by atoms with Crippen LogP contribution in [0.2, 0.25) is 0 Å². The summed E-state index contributed by atoms with van der Waals surface area (Å²) in [5, 5.41) is 9.20. The first-order valence-corrected chi connectivity index (χ1v) is 9.45. The molecule has 2 heterocycles. The largest absolute Gasteiger partial charge is 0.391 e. The molecule has 20 heavy (non-hydrogen) atoms. The Morgan fingerprint density at radius 2 is 2.05 bits per heavy atom. The smallest absolute Gasteiger partial charge is 0.252 e. The van der Waals surface area contributed by atoms with Crippen molar-refractivity contribution in [2.24, 2.45) is 5.92 Å². The Morgan fingerprint density at radius 1 is 1.40 bits per heavy atom. The molecular formula is C14H23NO3S2. The van der Waals surface area contributed by atoms with Gasteiger partial charge >= 0.3 is 0 Å². The summed E-state index contributed by atoms with van der Waals surface area (Å²) in [5.74, 6) is 0.671. The van der Waals surface area contributed by atoms with Gasteiger partial charge in [-0.25, -0.2) is 8.42 Å². The average molecular weight is 317 g/mol. The van der Waals surface area contributed by atoms with Crippen LogP contribution in [0.3, 0.4) is 0 Å². The Morgan fingerprint density at radius 3 is 2.55 bits per heavy atom. The molecule has 1 aliphatic heterocycles. The first-order chi connectivity index (χ1) is 9.48. The van der Waals surface area contributed by atoms with Gasteiger partial charge in [-0.3, -0.25) is 0 Å². The van der Waals surface area contributed by atoms with Crippen LogP contribution in [0.25, 0.3) is 0 Å². The molecule has 114 valence electrons. The van der Waals surface area contributed by atoms with Crippen LogP contribution in [0.1, 0.15) is 43.0 Å². The highest BCUT2D eigenvalue weighted by Gasteiger charge is 2.30. The molecule has 0 aliphatic carbocycles. The molecule has 1 aromatic heterocycles. The zero-order valence-electron chi connectivity index (χ0n) is 12.1. The van der Waals surface area contributed by atoms with E-state index < -0.39 is 10.0 Å². The molecule has 1 saturated heterocycles. The van der Waals surface area contributed by atoms with E-state index >= 15 is 0 Å². The second-order valence-electron chi connectivity index (χ2n) is 5.47. The summed E-state index contributed by atoms with van der Waals surface area (Å²) in [6.07, 6.45) is 4.29. The van der Waals surface area contributed by atoms with Gasteiger partial charge in [-0.05, 0) is 37.3 Å². The van der Waals surface area contributed by atoms with E-state index in [1.165, 1.54) is 24.2 Å².